The maximum Gasteiger partial charge on any atom is 0.245 e. The Hall–Kier alpha value is -4.42. The van der Waals surface area contributed by atoms with Gasteiger partial charge in [-0.05, 0) is 37.8 Å². The van der Waals surface area contributed by atoms with E-state index in [0.717, 1.165) is 47.7 Å². The fraction of sp³-hybridized carbons (Fsp3) is 0.304. The van der Waals surface area contributed by atoms with E-state index in [1.54, 1.807) is 0 Å². The molecule has 1 aliphatic heterocycles. The van der Waals surface area contributed by atoms with E-state index in [0.29, 0.717) is 17.5 Å². The number of fused-ring (bicyclic) bond motifs is 1. The minimum Gasteiger partial charge on any atom is -0.340 e. The minimum absolute atomic E-state index is 0.528. The SMILES string of the molecule is C#C.C#C.O=CNc1ncns1.c1cc2c(Nc3cc(C4CC4)[nH]n3)nc(N3CCCC3)nn2c1. The summed E-state index contributed by atoms with van der Waals surface area (Å²) in [5.41, 5.74) is 2.18. The summed E-state index contributed by atoms with van der Waals surface area (Å²) in [4.78, 5) is 20.4. The van der Waals surface area contributed by atoms with Gasteiger partial charge in [0.15, 0.2) is 11.6 Å². The van der Waals surface area contributed by atoms with Crippen LogP contribution in [0.1, 0.15) is 37.3 Å². The summed E-state index contributed by atoms with van der Waals surface area (Å²) in [5.74, 6) is 3.07. The third kappa shape index (κ3) is 6.56. The van der Waals surface area contributed by atoms with Gasteiger partial charge in [0, 0.05) is 48.5 Å². The first kappa shape index (κ1) is 25.2. The molecule has 1 amide bonds. The lowest BCUT2D eigenvalue weighted by molar-refractivity contribution is -0.105. The van der Waals surface area contributed by atoms with Crippen LogP contribution in [0.15, 0.2) is 30.7 Å². The maximum atomic E-state index is 9.70. The third-order valence-corrected chi connectivity index (χ3v) is 5.77. The number of carbonyl (C=O) groups is 1. The van der Waals surface area contributed by atoms with E-state index in [1.165, 1.54) is 37.7 Å². The Balaban J connectivity index is 0.000000241. The van der Waals surface area contributed by atoms with E-state index in [1.807, 2.05) is 22.8 Å². The second kappa shape index (κ2) is 12.7. The van der Waals surface area contributed by atoms with Crippen molar-refractivity contribution in [1.29, 1.82) is 0 Å². The molecule has 3 N–H and O–H groups in total. The molecule has 4 aromatic rings. The highest BCUT2D eigenvalue weighted by Crippen LogP contribution is 2.39. The fourth-order valence-electron chi connectivity index (χ4n) is 3.48. The van der Waals surface area contributed by atoms with E-state index in [9.17, 15) is 4.79 Å². The average Bonchev–Trinajstić information content (AvgIpc) is 3.42. The van der Waals surface area contributed by atoms with Crippen molar-refractivity contribution in [3.05, 3.63) is 36.4 Å². The summed E-state index contributed by atoms with van der Waals surface area (Å²) in [6, 6.07) is 6.10. The van der Waals surface area contributed by atoms with Gasteiger partial charge in [-0.15, -0.1) is 30.8 Å². The first-order valence-electron chi connectivity index (χ1n) is 10.9. The normalized spacial score (nSPS) is 13.9. The van der Waals surface area contributed by atoms with Crippen molar-refractivity contribution >= 4 is 46.2 Å². The molecule has 0 atom stereocenters. The Morgan fingerprint density at radius 3 is 2.60 bits per heavy atom. The van der Waals surface area contributed by atoms with Crippen molar-refractivity contribution < 1.29 is 4.79 Å². The minimum atomic E-state index is 0.528. The molecule has 1 saturated heterocycles. The number of nitrogens with one attached hydrogen (secondary N) is 3. The molecule has 0 radical (unpaired) electrons. The van der Waals surface area contributed by atoms with Crippen molar-refractivity contribution in [3.8, 4) is 25.7 Å². The lowest BCUT2D eigenvalue weighted by Gasteiger charge is -2.16. The summed E-state index contributed by atoms with van der Waals surface area (Å²) in [5, 5.41) is 18.4. The van der Waals surface area contributed by atoms with Gasteiger partial charge in [-0.25, -0.2) is 9.50 Å². The van der Waals surface area contributed by atoms with Crippen molar-refractivity contribution in [2.75, 3.05) is 28.6 Å². The van der Waals surface area contributed by atoms with Gasteiger partial charge >= 0.3 is 0 Å². The van der Waals surface area contributed by atoms with Crippen LogP contribution in [0, 0.1) is 25.7 Å². The molecule has 0 unspecified atom stereocenters. The van der Waals surface area contributed by atoms with Gasteiger partial charge in [-0.3, -0.25) is 9.89 Å². The zero-order chi connectivity index (χ0) is 25.0. The number of aromatic nitrogens is 7. The van der Waals surface area contributed by atoms with Crippen LogP contribution in [-0.4, -0.2) is 53.7 Å². The average molecular weight is 491 g/mol. The number of hydrogen-bond acceptors (Lipinski definition) is 9. The number of anilines is 4. The van der Waals surface area contributed by atoms with E-state index in [-0.39, 0.29) is 0 Å². The van der Waals surface area contributed by atoms with Crippen LogP contribution in [0.4, 0.5) is 22.7 Å². The Kier molecular flexibility index (Phi) is 9.16. The van der Waals surface area contributed by atoms with Gasteiger partial charge in [0.1, 0.15) is 11.8 Å². The summed E-state index contributed by atoms with van der Waals surface area (Å²) < 4.78 is 5.54. The lowest BCUT2D eigenvalue weighted by atomic mass is 10.3. The van der Waals surface area contributed by atoms with Gasteiger partial charge in [0.2, 0.25) is 17.5 Å². The van der Waals surface area contributed by atoms with Crippen LogP contribution in [0.5, 0.6) is 0 Å². The largest absolute Gasteiger partial charge is 0.340 e. The van der Waals surface area contributed by atoms with Crippen LogP contribution >= 0.6 is 11.5 Å². The summed E-state index contributed by atoms with van der Waals surface area (Å²) >= 11 is 1.14. The van der Waals surface area contributed by atoms with Crippen molar-refractivity contribution in [2.45, 2.75) is 31.6 Å². The van der Waals surface area contributed by atoms with Crippen molar-refractivity contribution in [3.63, 3.8) is 0 Å². The number of H-pyrrole nitrogens is 1. The predicted octanol–water partition coefficient (Wildman–Crippen LogP) is 3.28. The molecule has 12 heteroatoms. The van der Waals surface area contributed by atoms with Crippen LogP contribution in [0.2, 0.25) is 0 Å². The Morgan fingerprint density at radius 1 is 1.17 bits per heavy atom. The molecule has 2 aliphatic rings. The van der Waals surface area contributed by atoms with Crippen molar-refractivity contribution in [2.24, 2.45) is 0 Å². The molecule has 35 heavy (non-hydrogen) atoms. The second-order valence-electron chi connectivity index (χ2n) is 7.41. The van der Waals surface area contributed by atoms with Gasteiger partial charge in [-0.2, -0.15) is 14.5 Å². The van der Waals surface area contributed by atoms with Crippen LogP contribution < -0.4 is 15.5 Å². The number of hydrogen-bond donors (Lipinski definition) is 3. The molecule has 180 valence electrons. The number of rotatable bonds is 6. The number of aromatic amines is 1. The molecular formula is C23H26N10OS. The summed E-state index contributed by atoms with van der Waals surface area (Å²) in [6.45, 7) is 2.06. The molecule has 5 heterocycles. The highest BCUT2D eigenvalue weighted by Gasteiger charge is 2.25. The van der Waals surface area contributed by atoms with Gasteiger partial charge in [-0.1, -0.05) is 0 Å². The number of amides is 1. The van der Waals surface area contributed by atoms with E-state index >= 15 is 0 Å². The lowest BCUT2D eigenvalue weighted by Crippen LogP contribution is -2.22. The van der Waals surface area contributed by atoms with Gasteiger partial charge < -0.3 is 15.5 Å². The highest BCUT2D eigenvalue weighted by molar-refractivity contribution is 7.09. The molecule has 1 aliphatic carbocycles. The molecule has 0 bridgehead atoms. The van der Waals surface area contributed by atoms with Crippen molar-refractivity contribution in [1.82, 2.24) is 34.2 Å². The summed E-state index contributed by atoms with van der Waals surface area (Å²) in [7, 11) is 0. The van der Waals surface area contributed by atoms with Gasteiger partial charge in [0.25, 0.3) is 0 Å². The number of carbonyl (C=O) groups excluding carboxylic acids is 1. The Morgan fingerprint density at radius 2 is 1.94 bits per heavy atom. The van der Waals surface area contributed by atoms with E-state index < -0.39 is 0 Å². The maximum absolute atomic E-state index is 9.70. The topological polar surface area (TPSA) is 129 Å². The molecule has 1 saturated carbocycles. The first-order chi connectivity index (χ1) is 17.3. The third-order valence-electron chi connectivity index (χ3n) is 5.17. The first-order valence-corrected chi connectivity index (χ1v) is 11.6. The molecular weight excluding hydrogens is 464 g/mol. The molecule has 6 rings (SSSR count). The summed E-state index contributed by atoms with van der Waals surface area (Å²) in [6.07, 6.45) is 24.9. The molecule has 4 aromatic heterocycles. The van der Waals surface area contributed by atoms with E-state index in [2.05, 4.69) is 71.9 Å². The molecule has 0 spiro atoms. The number of terminal acetylenes is 2. The van der Waals surface area contributed by atoms with Crippen LogP contribution in [-0.2, 0) is 4.79 Å². The number of nitrogens with zero attached hydrogens (tertiary/aromatic N) is 7. The molecule has 11 nitrogen and oxygen atoms in total. The zero-order valence-electron chi connectivity index (χ0n) is 19.0. The van der Waals surface area contributed by atoms with Gasteiger partial charge in [0.05, 0.1) is 0 Å². The zero-order valence-corrected chi connectivity index (χ0v) is 19.9. The molecule has 0 aromatic carbocycles. The standard InChI is InChI=1S/C16H19N7.C3H3N3OS.2C2H2/c1-2-8-22(7-1)16-18-15(13-4-3-9-23(13)21-16)17-14-10-12(19-20-14)11-5-6-11;7-2-5-3-4-1-6-8-3;2*1-2/h3-4,9-11H,1-2,5-8H2,(H2,17,18,19,20,21);1-2H,(H,4,5,6,7);2*1-2H. The Bertz CT molecular complexity index is 1230. The Labute approximate surface area is 207 Å². The van der Waals surface area contributed by atoms with E-state index in [4.69, 9.17) is 4.98 Å². The fourth-order valence-corrected chi connectivity index (χ4v) is 3.87. The molecule has 2 fully saturated rings. The monoisotopic (exact) mass is 490 g/mol. The second-order valence-corrected chi connectivity index (χ2v) is 8.19. The predicted molar refractivity (Wildman–Crippen MR) is 138 cm³/mol. The smallest absolute Gasteiger partial charge is 0.245 e. The van der Waals surface area contributed by atoms with Crippen LogP contribution in [0.25, 0.3) is 5.52 Å². The quantitative estimate of drug-likeness (QED) is 0.277. The van der Waals surface area contributed by atoms with Crippen LogP contribution in [0.3, 0.4) is 0 Å². The highest BCUT2D eigenvalue weighted by atomic mass is 32.1.